The molecule has 0 unspecified atom stereocenters. The molecule has 8 heavy (non-hydrogen) atoms. The van der Waals surface area contributed by atoms with E-state index in [0.717, 1.165) is 5.69 Å². The molecule has 0 atom stereocenters. The average molecular weight is 111 g/mol. The maximum atomic E-state index is 8.50. The van der Waals surface area contributed by atoms with Crippen LogP contribution in [0, 0.1) is 13.3 Å². The summed E-state index contributed by atoms with van der Waals surface area (Å²) in [4.78, 5) is 6.43. The third-order valence-corrected chi connectivity index (χ3v) is 1.02. The van der Waals surface area contributed by atoms with E-state index in [1.54, 1.807) is 0 Å². The van der Waals surface area contributed by atoms with Crippen molar-refractivity contribution >= 4 is 0 Å². The summed E-state index contributed by atoms with van der Waals surface area (Å²) in [7, 11) is 0. The molecule has 3 heteroatoms. The molecule has 1 heterocycles. The second-order valence-electron chi connectivity index (χ2n) is 1.58. The number of aliphatic hydroxyl groups excluding tert-OH is 1. The van der Waals surface area contributed by atoms with Gasteiger partial charge in [-0.3, -0.25) is 0 Å². The van der Waals surface area contributed by atoms with Gasteiger partial charge in [0.25, 0.3) is 0 Å². The summed E-state index contributed by atoms with van der Waals surface area (Å²) < 4.78 is 0. The molecule has 0 saturated carbocycles. The Morgan fingerprint density at radius 3 is 2.88 bits per heavy atom. The lowest BCUT2D eigenvalue weighted by molar-refractivity contribution is 0.276. The highest BCUT2D eigenvalue weighted by Gasteiger charge is 1.95. The molecule has 0 spiro atoms. The summed E-state index contributed by atoms with van der Waals surface area (Å²) in [5, 5.41) is 8.50. The molecule has 0 fully saturated rings. The SMILES string of the molecule is Cc1[nH][c]nc1CO. The highest BCUT2D eigenvalue weighted by atomic mass is 16.3. The summed E-state index contributed by atoms with van der Waals surface area (Å²) >= 11 is 0. The predicted octanol–water partition coefficient (Wildman–Crippen LogP) is 0.0106. The van der Waals surface area contributed by atoms with Crippen molar-refractivity contribution in [3.05, 3.63) is 17.7 Å². The largest absolute Gasteiger partial charge is 0.390 e. The Morgan fingerprint density at radius 1 is 1.88 bits per heavy atom. The van der Waals surface area contributed by atoms with Gasteiger partial charge in [-0.05, 0) is 6.92 Å². The molecule has 0 aromatic carbocycles. The zero-order valence-corrected chi connectivity index (χ0v) is 4.60. The number of nitrogens with one attached hydrogen (secondary N) is 1. The Labute approximate surface area is 47.4 Å². The first-order valence-electron chi connectivity index (χ1n) is 2.37. The number of nitrogens with zero attached hydrogens (tertiary/aromatic N) is 1. The quantitative estimate of drug-likeness (QED) is 0.536. The number of H-pyrrole nitrogens is 1. The van der Waals surface area contributed by atoms with Gasteiger partial charge in [0.1, 0.15) is 0 Å². The van der Waals surface area contributed by atoms with Gasteiger partial charge in [0, 0.05) is 5.69 Å². The van der Waals surface area contributed by atoms with Gasteiger partial charge in [0.05, 0.1) is 12.3 Å². The van der Waals surface area contributed by atoms with Crippen LogP contribution in [0.4, 0.5) is 0 Å². The van der Waals surface area contributed by atoms with Crippen LogP contribution < -0.4 is 0 Å². The van der Waals surface area contributed by atoms with Crippen LogP contribution in [0.15, 0.2) is 0 Å². The minimum Gasteiger partial charge on any atom is -0.390 e. The van der Waals surface area contributed by atoms with Crippen LogP contribution >= 0.6 is 0 Å². The molecule has 43 valence electrons. The van der Waals surface area contributed by atoms with Crippen molar-refractivity contribution in [2.24, 2.45) is 0 Å². The predicted molar refractivity (Wildman–Crippen MR) is 28.1 cm³/mol. The summed E-state index contributed by atoms with van der Waals surface area (Å²) in [5.41, 5.74) is 1.55. The third kappa shape index (κ3) is 0.721. The highest BCUT2D eigenvalue weighted by molar-refractivity contribution is 5.05. The number of hydrogen-bond acceptors (Lipinski definition) is 2. The number of aliphatic hydroxyl groups is 1. The Bertz CT molecular complexity index is 171. The van der Waals surface area contributed by atoms with E-state index in [4.69, 9.17) is 5.11 Å². The molecule has 0 aliphatic rings. The second-order valence-corrected chi connectivity index (χ2v) is 1.58. The standard InChI is InChI=1S/C5H7N2O/c1-4-5(2-8)7-3-6-4/h8H,2H2,1H3,(H,6,7). The average Bonchev–Trinajstić information content (AvgIpc) is 2.14. The van der Waals surface area contributed by atoms with E-state index in [9.17, 15) is 0 Å². The van der Waals surface area contributed by atoms with Gasteiger partial charge in [-0.25, -0.2) is 4.98 Å². The summed E-state index contributed by atoms with van der Waals surface area (Å²) in [6.45, 7) is 1.83. The van der Waals surface area contributed by atoms with Gasteiger partial charge in [-0.1, -0.05) is 0 Å². The highest BCUT2D eigenvalue weighted by Crippen LogP contribution is 1.97. The summed E-state index contributed by atoms with van der Waals surface area (Å²) in [6.07, 6.45) is 2.51. The van der Waals surface area contributed by atoms with Crippen molar-refractivity contribution in [3.8, 4) is 0 Å². The van der Waals surface area contributed by atoms with Crippen molar-refractivity contribution in [1.82, 2.24) is 9.97 Å². The molecule has 0 amide bonds. The van der Waals surface area contributed by atoms with Crippen molar-refractivity contribution in [3.63, 3.8) is 0 Å². The number of imidazole rings is 1. The molecular formula is C5H7N2O. The first-order valence-corrected chi connectivity index (χ1v) is 2.37. The Kier molecular flexibility index (Phi) is 1.30. The third-order valence-electron chi connectivity index (χ3n) is 1.02. The van der Waals surface area contributed by atoms with Gasteiger partial charge in [-0.15, -0.1) is 0 Å². The second kappa shape index (κ2) is 1.96. The zero-order valence-electron chi connectivity index (χ0n) is 4.60. The van der Waals surface area contributed by atoms with Crippen LogP contribution in [0.2, 0.25) is 0 Å². The van der Waals surface area contributed by atoms with Crippen LogP contribution in [-0.4, -0.2) is 15.1 Å². The fraction of sp³-hybridized carbons (Fsp3) is 0.400. The smallest absolute Gasteiger partial charge is 0.174 e. The number of hydrogen-bond donors (Lipinski definition) is 2. The molecule has 1 aromatic heterocycles. The van der Waals surface area contributed by atoms with E-state index in [0.29, 0.717) is 5.69 Å². The van der Waals surface area contributed by atoms with Crippen LogP contribution in [0.25, 0.3) is 0 Å². The monoisotopic (exact) mass is 111 g/mol. The molecule has 1 radical (unpaired) electrons. The van der Waals surface area contributed by atoms with Crippen molar-refractivity contribution < 1.29 is 5.11 Å². The first-order chi connectivity index (χ1) is 3.84. The van der Waals surface area contributed by atoms with E-state index < -0.39 is 0 Å². The minimum absolute atomic E-state index is 0.00810. The summed E-state index contributed by atoms with van der Waals surface area (Å²) in [5.74, 6) is 0. The van der Waals surface area contributed by atoms with E-state index in [-0.39, 0.29) is 6.61 Å². The van der Waals surface area contributed by atoms with Crippen molar-refractivity contribution in [2.75, 3.05) is 0 Å². The minimum atomic E-state index is -0.00810. The van der Waals surface area contributed by atoms with Gasteiger partial charge in [-0.2, -0.15) is 0 Å². The van der Waals surface area contributed by atoms with Crippen molar-refractivity contribution in [2.45, 2.75) is 13.5 Å². The fourth-order valence-corrected chi connectivity index (χ4v) is 0.489. The Morgan fingerprint density at radius 2 is 2.62 bits per heavy atom. The molecule has 3 nitrogen and oxygen atoms in total. The van der Waals surface area contributed by atoms with E-state index in [1.165, 1.54) is 0 Å². The number of rotatable bonds is 1. The first kappa shape index (κ1) is 5.31. The molecule has 0 aliphatic carbocycles. The van der Waals surface area contributed by atoms with E-state index in [1.807, 2.05) is 6.92 Å². The van der Waals surface area contributed by atoms with E-state index in [2.05, 4.69) is 16.3 Å². The van der Waals surface area contributed by atoms with Gasteiger partial charge >= 0.3 is 0 Å². The molecule has 1 rings (SSSR count). The molecule has 2 N–H and O–H groups in total. The van der Waals surface area contributed by atoms with Crippen LogP contribution in [-0.2, 0) is 6.61 Å². The lowest BCUT2D eigenvalue weighted by Gasteiger charge is -1.85. The molecule has 0 bridgehead atoms. The Balaban J connectivity index is 2.92. The number of aryl methyl sites for hydroxylation is 1. The lowest BCUT2D eigenvalue weighted by Crippen LogP contribution is -1.84. The number of aromatic amines is 1. The van der Waals surface area contributed by atoms with Gasteiger partial charge < -0.3 is 10.1 Å². The molecular weight excluding hydrogens is 104 g/mol. The van der Waals surface area contributed by atoms with Crippen molar-refractivity contribution in [1.29, 1.82) is 0 Å². The summed E-state index contributed by atoms with van der Waals surface area (Å²) in [6, 6.07) is 0. The van der Waals surface area contributed by atoms with Crippen LogP contribution in [0.5, 0.6) is 0 Å². The van der Waals surface area contributed by atoms with Gasteiger partial charge in [0.15, 0.2) is 6.33 Å². The maximum absolute atomic E-state index is 8.50. The molecule has 1 aromatic rings. The fourth-order valence-electron chi connectivity index (χ4n) is 0.489. The molecule has 0 saturated heterocycles. The maximum Gasteiger partial charge on any atom is 0.174 e. The van der Waals surface area contributed by atoms with E-state index >= 15 is 0 Å². The van der Waals surface area contributed by atoms with Gasteiger partial charge in [0.2, 0.25) is 0 Å². The Hall–Kier alpha value is -0.830. The number of aromatic nitrogens is 2. The topological polar surface area (TPSA) is 48.9 Å². The zero-order chi connectivity index (χ0) is 5.98. The molecule has 0 aliphatic heterocycles. The lowest BCUT2D eigenvalue weighted by atomic mass is 10.4. The van der Waals surface area contributed by atoms with Crippen LogP contribution in [0.1, 0.15) is 11.4 Å². The normalized spacial score (nSPS) is 9.75. The van der Waals surface area contributed by atoms with Crippen LogP contribution in [0.3, 0.4) is 0 Å².